The van der Waals surface area contributed by atoms with Crippen LogP contribution in [0.2, 0.25) is 0 Å². The molecule has 0 radical (unpaired) electrons. The fraction of sp³-hybridized carbons (Fsp3) is 0.176. The lowest BCUT2D eigenvalue weighted by Crippen LogP contribution is -2.13. The zero-order valence-electron chi connectivity index (χ0n) is 13.6. The molecule has 8 nitrogen and oxygen atoms in total. The number of hydrogen-bond donors (Lipinski definition) is 2. The number of rotatable bonds is 5. The number of esters is 1. The van der Waals surface area contributed by atoms with E-state index in [1.807, 2.05) is 0 Å². The molecule has 2 rings (SSSR count). The highest BCUT2D eigenvalue weighted by Crippen LogP contribution is 2.26. The van der Waals surface area contributed by atoms with Crippen LogP contribution in [0, 0.1) is 17.0 Å². The first-order valence-electron chi connectivity index (χ1n) is 7.27. The van der Waals surface area contributed by atoms with E-state index in [1.165, 1.54) is 50.4 Å². The van der Waals surface area contributed by atoms with Crippen LogP contribution in [-0.4, -0.2) is 29.0 Å². The van der Waals surface area contributed by atoms with Crippen molar-refractivity contribution in [2.75, 3.05) is 12.4 Å². The smallest absolute Gasteiger partial charge is 0.309 e. The number of carbonyl (C=O) groups excluding carboxylic acids is 2. The van der Waals surface area contributed by atoms with E-state index in [0.29, 0.717) is 11.1 Å². The summed E-state index contributed by atoms with van der Waals surface area (Å²) >= 11 is 0. The fourth-order valence-electron chi connectivity index (χ4n) is 2.23. The van der Waals surface area contributed by atoms with Gasteiger partial charge in [-0.05, 0) is 36.8 Å². The van der Waals surface area contributed by atoms with Crippen molar-refractivity contribution in [1.82, 2.24) is 0 Å². The second-order valence-corrected chi connectivity index (χ2v) is 5.32. The summed E-state index contributed by atoms with van der Waals surface area (Å²) in [5, 5.41) is 23.2. The van der Waals surface area contributed by atoms with Crippen molar-refractivity contribution in [1.29, 1.82) is 0 Å². The van der Waals surface area contributed by atoms with E-state index < -0.39 is 16.8 Å². The van der Waals surface area contributed by atoms with Crippen molar-refractivity contribution in [3.63, 3.8) is 0 Å². The van der Waals surface area contributed by atoms with E-state index in [-0.39, 0.29) is 29.1 Å². The Bertz CT molecular complexity index is 847. The minimum absolute atomic E-state index is 0.00368. The lowest BCUT2D eigenvalue weighted by atomic mass is 10.1. The number of nitro benzene ring substituents is 1. The second kappa shape index (κ2) is 7.43. The van der Waals surface area contributed by atoms with Crippen molar-refractivity contribution in [2.45, 2.75) is 13.3 Å². The predicted octanol–water partition coefficient (Wildman–Crippen LogP) is 2.58. The zero-order chi connectivity index (χ0) is 18.6. The van der Waals surface area contributed by atoms with Crippen molar-refractivity contribution in [3.8, 4) is 5.75 Å². The molecule has 0 spiro atoms. The van der Waals surface area contributed by atoms with Crippen LogP contribution in [0.15, 0.2) is 36.4 Å². The number of phenolic OH excluding ortho intramolecular Hbond substituents is 1. The van der Waals surface area contributed by atoms with Gasteiger partial charge in [-0.3, -0.25) is 19.7 Å². The molecule has 1 amide bonds. The number of nitrogens with zero attached hydrogens (tertiary/aromatic N) is 1. The summed E-state index contributed by atoms with van der Waals surface area (Å²) in [5.41, 5.74) is 1.16. The first kappa shape index (κ1) is 17.9. The van der Waals surface area contributed by atoms with E-state index in [1.54, 1.807) is 0 Å². The fourth-order valence-corrected chi connectivity index (χ4v) is 2.23. The normalized spacial score (nSPS) is 10.2. The maximum Gasteiger partial charge on any atom is 0.309 e. The summed E-state index contributed by atoms with van der Waals surface area (Å²) in [5.74, 6) is -1.15. The summed E-state index contributed by atoms with van der Waals surface area (Å²) in [7, 11) is 1.27. The molecule has 0 saturated carbocycles. The largest absolute Gasteiger partial charge is 0.506 e. The number of nitro groups is 1. The molecule has 2 aromatic rings. The molecule has 0 aliphatic rings. The van der Waals surface area contributed by atoms with Gasteiger partial charge in [-0.25, -0.2) is 0 Å². The van der Waals surface area contributed by atoms with E-state index >= 15 is 0 Å². The van der Waals surface area contributed by atoms with Crippen molar-refractivity contribution >= 4 is 23.3 Å². The number of nitrogens with one attached hydrogen (secondary N) is 1. The van der Waals surface area contributed by atoms with Gasteiger partial charge in [-0.15, -0.1) is 0 Å². The molecule has 0 aromatic heterocycles. The lowest BCUT2D eigenvalue weighted by molar-refractivity contribution is -0.385. The van der Waals surface area contributed by atoms with Gasteiger partial charge in [0.2, 0.25) is 0 Å². The number of ether oxygens (including phenoxy) is 1. The molecule has 0 unspecified atom stereocenters. The highest BCUT2D eigenvalue weighted by molar-refractivity contribution is 6.05. The molecule has 130 valence electrons. The topological polar surface area (TPSA) is 119 Å². The molecular weight excluding hydrogens is 328 g/mol. The monoisotopic (exact) mass is 344 g/mol. The van der Waals surface area contributed by atoms with E-state index in [2.05, 4.69) is 10.1 Å². The van der Waals surface area contributed by atoms with Crippen molar-refractivity contribution < 1.29 is 24.4 Å². The van der Waals surface area contributed by atoms with Crippen molar-refractivity contribution in [2.24, 2.45) is 0 Å². The van der Waals surface area contributed by atoms with Gasteiger partial charge in [0.1, 0.15) is 5.75 Å². The maximum atomic E-state index is 12.3. The highest BCUT2D eigenvalue weighted by atomic mass is 16.6. The summed E-state index contributed by atoms with van der Waals surface area (Å²) in [6, 6.07) is 8.33. The minimum Gasteiger partial charge on any atom is -0.506 e. The van der Waals surface area contributed by atoms with Gasteiger partial charge in [0.25, 0.3) is 11.6 Å². The molecule has 2 aromatic carbocycles. The molecule has 0 bridgehead atoms. The Balaban J connectivity index is 2.22. The Labute approximate surface area is 143 Å². The third kappa shape index (κ3) is 4.31. The number of hydrogen-bond acceptors (Lipinski definition) is 6. The molecule has 0 fully saturated rings. The lowest BCUT2D eigenvalue weighted by Gasteiger charge is -2.10. The summed E-state index contributed by atoms with van der Waals surface area (Å²) in [4.78, 5) is 33.9. The molecule has 0 atom stereocenters. The Hall–Kier alpha value is -3.42. The van der Waals surface area contributed by atoms with E-state index in [4.69, 9.17) is 0 Å². The number of carbonyl (C=O) groups is 2. The Morgan fingerprint density at radius 1 is 1.24 bits per heavy atom. The van der Waals surface area contributed by atoms with Crippen LogP contribution < -0.4 is 5.32 Å². The van der Waals surface area contributed by atoms with Crippen LogP contribution in [0.5, 0.6) is 5.75 Å². The number of phenols is 1. The van der Waals surface area contributed by atoms with Gasteiger partial charge in [-0.1, -0.05) is 6.07 Å². The molecule has 2 N–H and O–H groups in total. The number of benzene rings is 2. The van der Waals surface area contributed by atoms with Crippen LogP contribution in [0.1, 0.15) is 21.5 Å². The number of anilines is 1. The van der Waals surface area contributed by atoms with Crippen LogP contribution in [0.3, 0.4) is 0 Å². The third-order valence-corrected chi connectivity index (χ3v) is 3.54. The van der Waals surface area contributed by atoms with Crippen LogP contribution in [-0.2, 0) is 16.0 Å². The summed E-state index contributed by atoms with van der Waals surface area (Å²) in [6.45, 7) is 1.53. The molecule has 8 heteroatoms. The average molecular weight is 344 g/mol. The van der Waals surface area contributed by atoms with E-state index in [9.17, 15) is 24.8 Å². The number of aromatic hydroxyl groups is 1. The van der Waals surface area contributed by atoms with Gasteiger partial charge in [0.15, 0.2) is 0 Å². The third-order valence-electron chi connectivity index (χ3n) is 3.54. The van der Waals surface area contributed by atoms with Crippen molar-refractivity contribution in [3.05, 3.63) is 63.2 Å². The van der Waals surface area contributed by atoms with Gasteiger partial charge in [-0.2, -0.15) is 0 Å². The maximum absolute atomic E-state index is 12.3. The van der Waals surface area contributed by atoms with Crippen LogP contribution in [0.4, 0.5) is 11.4 Å². The Kier molecular flexibility index (Phi) is 5.33. The average Bonchev–Trinajstić information content (AvgIpc) is 2.57. The van der Waals surface area contributed by atoms with Gasteiger partial charge in [0.05, 0.1) is 24.1 Å². The quantitative estimate of drug-likeness (QED) is 0.372. The molecule has 0 aliphatic heterocycles. The van der Waals surface area contributed by atoms with E-state index in [0.717, 1.165) is 0 Å². The highest BCUT2D eigenvalue weighted by Gasteiger charge is 2.15. The van der Waals surface area contributed by atoms with Gasteiger partial charge >= 0.3 is 5.97 Å². The van der Waals surface area contributed by atoms with Gasteiger partial charge in [0, 0.05) is 17.2 Å². The first-order chi connectivity index (χ1) is 11.8. The van der Waals surface area contributed by atoms with Gasteiger partial charge < -0.3 is 15.2 Å². The molecule has 25 heavy (non-hydrogen) atoms. The number of amides is 1. The molecular formula is C17H16N2O6. The molecule has 0 heterocycles. The van der Waals surface area contributed by atoms with Crippen LogP contribution in [0.25, 0.3) is 0 Å². The SMILES string of the molecule is COC(=O)Cc1ccc(O)c(NC(=O)c2ccc([N+](=O)[O-])c(C)c2)c1. The molecule has 0 aliphatic carbocycles. The Morgan fingerprint density at radius 3 is 2.56 bits per heavy atom. The Morgan fingerprint density at radius 2 is 1.96 bits per heavy atom. The second-order valence-electron chi connectivity index (χ2n) is 5.32. The first-order valence-corrected chi connectivity index (χ1v) is 7.27. The zero-order valence-corrected chi connectivity index (χ0v) is 13.6. The summed E-state index contributed by atoms with van der Waals surface area (Å²) in [6.07, 6.45) is -0.00368. The predicted molar refractivity (Wildman–Crippen MR) is 89.6 cm³/mol. The number of aryl methyl sites for hydroxylation is 1. The standard InChI is InChI=1S/C17H16N2O6/c1-10-7-12(4-5-14(10)19(23)24)17(22)18-13-8-11(3-6-15(13)20)9-16(21)25-2/h3-8,20H,9H2,1-2H3,(H,18,22). The summed E-state index contributed by atoms with van der Waals surface area (Å²) < 4.78 is 4.57. The number of methoxy groups -OCH3 is 1. The molecule has 0 saturated heterocycles. The van der Waals surface area contributed by atoms with Crippen LogP contribution >= 0.6 is 0 Å². The minimum atomic E-state index is -0.538.